The number of ether oxygens (including phenoxy) is 1. The van der Waals surface area contributed by atoms with E-state index in [1.165, 1.54) is 25.7 Å². The lowest BCUT2D eigenvalue weighted by atomic mass is 10.1. The van der Waals surface area contributed by atoms with Crippen LogP contribution in [0.2, 0.25) is 0 Å². The average Bonchev–Trinajstić information content (AvgIpc) is 2.96. The van der Waals surface area contributed by atoms with Crippen LogP contribution in [0, 0.1) is 11.8 Å². The van der Waals surface area contributed by atoms with Crippen molar-refractivity contribution >= 4 is 0 Å². The van der Waals surface area contributed by atoms with Gasteiger partial charge >= 0.3 is 0 Å². The lowest BCUT2D eigenvalue weighted by Crippen LogP contribution is -2.33. The summed E-state index contributed by atoms with van der Waals surface area (Å²) in [5.41, 5.74) is 0. The summed E-state index contributed by atoms with van der Waals surface area (Å²) in [6.07, 6.45) is 5.33. The van der Waals surface area contributed by atoms with Gasteiger partial charge in [-0.1, -0.05) is 20.3 Å². The number of likely N-dealkylation sites (N-methyl/N-ethyl adjacent to an activating group) is 1. The minimum Gasteiger partial charge on any atom is -0.380 e. The van der Waals surface area contributed by atoms with Gasteiger partial charge in [0.25, 0.3) is 0 Å². The van der Waals surface area contributed by atoms with Crippen molar-refractivity contribution < 1.29 is 4.74 Å². The first-order valence-electron chi connectivity index (χ1n) is 6.03. The van der Waals surface area contributed by atoms with Crippen LogP contribution in [-0.4, -0.2) is 26.3 Å². The summed E-state index contributed by atoms with van der Waals surface area (Å²) in [5.74, 6) is 1.61. The van der Waals surface area contributed by atoms with Crippen molar-refractivity contribution in [1.82, 2.24) is 5.32 Å². The Balaban J connectivity index is 2.00. The molecule has 0 saturated heterocycles. The minimum absolute atomic E-state index is 0.601. The van der Waals surface area contributed by atoms with Crippen molar-refractivity contribution in [2.24, 2.45) is 11.8 Å². The summed E-state index contributed by atoms with van der Waals surface area (Å²) in [5, 5.41) is 3.34. The van der Waals surface area contributed by atoms with Crippen molar-refractivity contribution in [3.63, 3.8) is 0 Å². The Morgan fingerprint density at radius 2 is 2.07 bits per heavy atom. The molecule has 1 N–H and O–H groups in total. The Morgan fingerprint density at radius 3 is 2.57 bits per heavy atom. The van der Waals surface area contributed by atoms with Crippen LogP contribution in [0.3, 0.4) is 0 Å². The van der Waals surface area contributed by atoms with Crippen molar-refractivity contribution in [2.75, 3.05) is 20.3 Å². The third-order valence-corrected chi connectivity index (χ3v) is 3.04. The van der Waals surface area contributed by atoms with Crippen LogP contribution in [0.1, 0.15) is 39.5 Å². The van der Waals surface area contributed by atoms with Gasteiger partial charge in [0.15, 0.2) is 0 Å². The molecule has 0 aromatic heterocycles. The molecule has 2 nitrogen and oxygen atoms in total. The SMILES string of the molecule is CCCC(C)COCC(NC)C1CC1. The number of hydrogen-bond acceptors (Lipinski definition) is 2. The van der Waals surface area contributed by atoms with Gasteiger partial charge in [-0.05, 0) is 38.1 Å². The highest BCUT2D eigenvalue weighted by atomic mass is 16.5. The molecule has 0 amide bonds. The molecule has 0 radical (unpaired) electrons. The Bertz CT molecular complexity index is 145. The molecule has 1 rings (SSSR count). The van der Waals surface area contributed by atoms with E-state index in [0.717, 1.165) is 25.0 Å². The van der Waals surface area contributed by atoms with Crippen LogP contribution in [0.15, 0.2) is 0 Å². The second-order valence-corrected chi connectivity index (χ2v) is 4.66. The quantitative estimate of drug-likeness (QED) is 0.648. The third kappa shape index (κ3) is 4.43. The molecule has 1 aliphatic carbocycles. The van der Waals surface area contributed by atoms with Crippen molar-refractivity contribution in [3.8, 4) is 0 Å². The molecule has 1 aliphatic rings. The maximum absolute atomic E-state index is 5.74. The molecule has 0 aliphatic heterocycles. The zero-order valence-electron chi connectivity index (χ0n) is 9.88. The summed E-state index contributed by atoms with van der Waals surface area (Å²) >= 11 is 0. The fourth-order valence-electron chi connectivity index (χ4n) is 1.93. The number of nitrogens with one attached hydrogen (secondary N) is 1. The Labute approximate surface area is 88.4 Å². The van der Waals surface area contributed by atoms with Crippen molar-refractivity contribution in [1.29, 1.82) is 0 Å². The molecule has 1 fully saturated rings. The normalized spacial score (nSPS) is 20.8. The van der Waals surface area contributed by atoms with Gasteiger partial charge in [0.2, 0.25) is 0 Å². The second-order valence-electron chi connectivity index (χ2n) is 4.66. The highest BCUT2D eigenvalue weighted by Crippen LogP contribution is 2.32. The van der Waals surface area contributed by atoms with Crippen molar-refractivity contribution in [3.05, 3.63) is 0 Å². The van der Waals surface area contributed by atoms with Gasteiger partial charge < -0.3 is 10.1 Å². The van der Waals surface area contributed by atoms with Crippen LogP contribution >= 0.6 is 0 Å². The molecule has 2 unspecified atom stereocenters. The first kappa shape index (κ1) is 12.0. The van der Waals surface area contributed by atoms with E-state index in [1.54, 1.807) is 0 Å². The monoisotopic (exact) mass is 199 g/mol. The maximum Gasteiger partial charge on any atom is 0.0622 e. The molecule has 1 saturated carbocycles. The fraction of sp³-hybridized carbons (Fsp3) is 1.00. The zero-order chi connectivity index (χ0) is 10.4. The molecular weight excluding hydrogens is 174 g/mol. The molecular formula is C12H25NO. The van der Waals surface area contributed by atoms with Crippen LogP contribution in [0.5, 0.6) is 0 Å². The van der Waals surface area contributed by atoms with Crippen LogP contribution in [0.25, 0.3) is 0 Å². The lowest BCUT2D eigenvalue weighted by Gasteiger charge is -2.17. The second kappa shape index (κ2) is 6.41. The lowest BCUT2D eigenvalue weighted by molar-refractivity contribution is 0.0803. The molecule has 14 heavy (non-hydrogen) atoms. The molecule has 0 bridgehead atoms. The Hall–Kier alpha value is -0.0800. The Kier molecular flexibility index (Phi) is 5.49. The summed E-state index contributed by atoms with van der Waals surface area (Å²) < 4.78 is 5.74. The standard InChI is InChI=1S/C12H25NO/c1-4-5-10(2)8-14-9-12(13-3)11-6-7-11/h10-13H,4-9H2,1-3H3. The van der Waals surface area contributed by atoms with E-state index in [4.69, 9.17) is 4.74 Å². The predicted octanol–water partition coefficient (Wildman–Crippen LogP) is 2.44. The maximum atomic E-state index is 5.74. The summed E-state index contributed by atoms with van der Waals surface area (Å²) in [7, 11) is 2.04. The number of hydrogen-bond donors (Lipinski definition) is 1. The van der Waals surface area contributed by atoms with Gasteiger partial charge in [0.1, 0.15) is 0 Å². The van der Waals surface area contributed by atoms with Gasteiger partial charge in [-0.3, -0.25) is 0 Å². The van der Waals surface area contributed by atoms with Gasteiger partial charge in [0, 0.05) is 12.6 Å². The molecule has 0 aromatic carbocycles. The summed E-state index contributed by atoms with van der Waals surface area (Å²) in [6.45, 7) is 6.33. The van der Waals surface area contributed by atoms with E-state index in [2.05, 4.69) is 19.2 Å². The van der Waals surface area contributed by atoms with Crippen molar-refractivity contribution in [2.45, 2.75) is 45.6 Å². The van der Waals surface area contributed by atoms with E-state index in [-0.39, 0.29) is 0 Å². The van der Waals surface area contributed by atoms with Gasteiger partial charge in [-0.15, -0.1) is 0 Å². The minimum atomic E-state index is 0.601. The molecule has 2 heteroatoms. The largest absolute Gasteiger partial charge is 0.380 e. The van der Waals surface area contributed by atoms with Crippen LogP contribution < -0.4 is 5.32 Å². The molecule has 2 atom stereocenters. The van der Waals surface area contributed by atoms with E-state index in [1.807, 2.05) is 7.05 Å². The molecule has 84 valence electrons. The highest BCUT2D eigenvalue weighted by molar-refractivity contribution is 4.85. The molecule has 0 aromatic rings. The van der Waals surface area contributed by atoms with Gasteiger partial charge in [-0.25, -0.2) is 0 Å². The van der Waals surface area contributed by atoms with E-state index in [0.29, 0.717) is 6.04 Å². The molecule has 0 heterocycles. The van der Waals surface area contributed by atoms with Gasteiger partial charge in [0.05, 0.1) is 6.61 Å². The summed E-state index contributed by atoms with van der Waals surface area (Å²) in [4.78, 5) is 0. The first-order chi connectivity index (χ1) is 6.77. The predicted molar refractivity (Wildman–Crippen MR) is 60.5 cm³/mol. The molecule has 0 spiro atoms. The average molecular weight is 199 g/mol. The third-order valence-electron chi connectivity index (χ3n) is 3.04. The van der Waals surface area contributed by atoms with Gasteiger partial charge in [-0.2, -0.15) is 0 Å². The zero-order valence-corrected chi connectivity index (χ0v) is 9.88. The van der Waals surface area contributed by atoms with E-state index >= 15 is 0 Å². The highest BCUT2D eigenvalue weighted by Gasteiger charge is 2.29. The smallest absolute Gasteiger partial charge is 0.0622 e. The van der Waals surface area contributed by atoms with E-state index in [9.17, 15) is 0 Å². The topological polar surface area (TPSA) is 21.3 Å². The van der Waals surface area contributed by atoms with Crippen LogP contribution in [0.4, 0.5) is 0 Å². The summed E-state index contributed by atoms with van der Waals surface area (Å²) in [6, 6.07) is 0.601. The number of rotatable bonds is 8. The van der Waals surface area contributed by atoms with E-state index < -0.39 is 0 Å². The fourth-order valence-corrected chi connectivity index (χ4v) is 1.93. The first-order valence-corrected chi connectivity index (χ1v) is 6.03. The Morgan fingerprint density at radius 1 is 1.36 bits per heavy atom. The van der Waals surface area contributed by atoms with Crippen LogP contribution in [-0.2, 0) is 4.74 Å².